The Balaban J connectivity index is 1.64. The summed E-state index contributed by atoms with van der Waals surface area (Å²) in [7, 11) is 0. The van der Waals surface area contributed by atoms with Crippen molar-refractivity contribution in [2.45, 2.75) is 6.92 Å². The minimum atomic E-state index is -0.495. The first-order valence-corrected chi connectivity index (χ1v) is 7.29. The van der Waals surface area contributed by atoms with Gasteiger partial charge in [0.25, 0.3) is 17.5 Å². The molecule has 1 aromatic carbocycles. The molecular weight excluding hydrogens is 312 g/mol. The van der Waals surface area contributed by atoms with Crippen LogP contribution in [-0.2, 0) is 0 Å². The van der Waals surface area contributed by atoms with E-state index in [0.29, 0.717) is 29.1 Å². The van der Waals surface area contributed by atoms with Crippen molar-refractivity contribution in [2.75, 3.05) is 18.4 Å². The van der Waals surface area contributed by atoms with Crippen LogP contribution in [0.25, 0.3) is 0 Å². The van der Waals surface area contributed by atoms with E-state index in [-0.39, 0.29) is 24.0 Å². The standard InChI is InChI=1S/C16H14N4O4/c1-10-8-14(18-9-13(10)20(23)24)17-6-7-19-15(21)11-4-2-3-5-12(11)16(19)22/h2-5,8-9H,6-7H2,1H3,(H,17,18). The number of hydrogen-bond acceptors (Lipinski definition) is 6. The van der Waals surface area contributed by atoms with Crippen LogP contribution in [0.2, 0.25) is 0 Å². The van der Waals surface area contributed by atoms with E-state index in [9.17, 15) is 19.7 Å². The highest BCUT2D eigenvalue weighted by molar-refractivity contribution is 6.21. The van der Waals surface area contributed by atoms with E-state index in [1.165, 1.54) is 11.1 Å². The fourth-order valence-electron chi connectivity index (χ4n) is 2.57. The Morgan fingerprint density at radius 2 is 1.83 bits per heavy atom. The second-order valence-electron chi connectivity index (χ2n) is 5.35. The summed E-state index contributed by atoms with van der Waals surface area (Å²) in [5.41, 5.74) is 1.25. The van der Waals surface area contributed by atoms with Gasteiger partial charge in [-0.3, -0.25) is 24.6 Å². The van der Waals surface area contributed by atoms with Gasteiger partial charge in [-0.2, -0.15) is 0 Å². The largest absolute Gasteiger partial charge is 0.368 e. The number of amides is 2. The molecule has 1 N–H and O–H groups in total. The first-order chi connectivity index (χ1) is 11.5. The Kier molecular flexibility index (Phi) is 3.95. The van der Waals surface area contributed by atoms with E-state index in [2.05, 4.69) is 10.3 Å². The van der Waals surface area contributed by atoms with Crippen LogP contribution in [0.3, 0.4) is 0 Å². The molecule has 0 aliphatic carbocycles. The van der Waals surface area contributed by atoms with Gasteiger partial charge in [0.05, 0.1) is 16.1 Å². The van der Waals surface area contributed by atoms with E-state index in [4.69, 9.17) is 0 Å². The molecule has 3 rings (SSSR count). The third-order valence-electron chi connectivity index (χ3n) is 3.80. The maximum Gasteiger partial charge on any atom is 0.290 e. The number of aromatic nitrogens is 1. The highest BCUT2D eigenvalue weighted by atomic mass is 16.6. The molecule has 1 aromatic heterocycles. The second-order valence-corrected chi connectivity index (χ2v) is 5.35. The Hall–Kier alpha value is -3.29. The quantitative estimate of drug-likeness (QED) is 0.512. The topological polar surface area (TPSA) is 105 Å². The number of imide groups is 1. The molecule has 0 saturated carbocycles. The SMILES string of the molecule is Cc1cc(NCCN2C(=O)c3ccccc3C2=O)ncc1[N+](=O)[O-]. The number of carbonyl (C=O) groups is 2. The van der Waals surface area contributed by atoms with E-state index in [1.807, 2.05) is 0 Å². The fraction of sp³-hybridized carbons (Fsp3) is 0.188. The molecule has 0 radical (unpaired) electrons. The average molecular weight is 326 g/mol. The van der Waals surface area contributed by atoms with Gasteiger partial charge >= 0.3 is 0 Å². The van der Waals surface area contributed by atoms with E-state index in [0.717, 1.165) is 0 Å². The minimum Gasteiger partial charge on any atom is -0.368 e. The monoisotopic (exact) mass is 326 g/mol. The van der Waals surface area contributed by atoms with Gasteiger partial charge < -0.3 is 5.32 Å². The van der Waals surface area contributed by atoms with Crippen LogP contribution in [0.1, 0.15) is 26.3 Å². The molecule has 1 aliphatic heterocycles. The minimum absolute atomic E-state index is 0.0547. The Labute approximate surface area is 137 Å². The maximum atomic E-state index is 12.2. The molecule has 24 heavy (non-hydrogen) atoms. The first kappa shape index (κ1) is 15.6. The Bertz CT molecular complexity index is 815. The molecule has 0 spiro atoms. The van der Waals surface area contributed by atoms with Crippen LogP contribution in [0.5, 0.6) is 0 Å². The summed E-state index contributed by atoms with van der Waals surface area (Å²) in [5.74, 6) is -0.176. The molecule has 122 valence electrons. The number of anilines is 1. The van der Waals surface area contributed by atoms with E-state index < -0.39 is 4.92 Å². The van der Waals surface area contributed by atoms with Crippen molar-refractivity contribution in [3.8, 4) is 0 Å². The number of nitro groups is 1. The highest BCUT2D eigenvalue weighted by Gasteiger charge is 2.34. The lowest BCUT2D eigenvalue weighted by Crippen LogP contribution is -2.34. The van der Waals surface area contributed by atoms with Crippen molar-refractivity contribution in [2.24, 2.45) is 0 Å². The van der Waals surface area contributed by atoms with Crippen LogP contribution < -0.4 is 5.32 Å². The third kappa shape index (κ3) is 2.69. The summed E-state index contributed by atoms with van der Waals surface area (Å²) in [5, 5.41) is 13.7. The number of aryl methyl sites for hydroxylation is 1. The zero-order valence-electron chi connectivity index (χ0n) is 12.9. The lowest BCUT2D eigenvalue weighted by Gasteiger charge is -2.14. The molecule has 2 amide bonds. The van der Waals surface area contributed by atoms with Crippen LogP contribution >= 0.6 is 0 Å². The molecule has 1 aliphatic rings. The van der Waals surface area contributed by atoms with Crippen molar-refractivity contribution in [1.29, 1.82) is 0 Å². The van der Waals surface area contributed by atoms with Gasteiger partial charge in [-0.1, -0.05) is 12.1 Å². The fourth-order valence-corrected chi connectivity index (χ4v) is 2.57. The highest BCUT2D eigenvalue weighted by Crippen LogP contribution is 2.22. The van der Waals surface area contributed by atoms with Gasteiger partial charge in [-0.25, -0.2) is 4.98 Å². The van der Waals surface area contributed by atoms with Crippen LogP contribution in [0, 0.1) is 17.0 Å². The van der Waals surface area contributed by atoms with Crippen molar-refractivity contribution in [3.63, 3.8) is 0 Å². The van der Waals surface area contributed by atoms with Gasteiger partial charge in [0.2, 0.25) is 0 Å². The predicted octanol–water partition coefficient (Wildman–Crippen LogP) is 2.01. The molecule has 0 fully saturated rings. The summed E-state index contributed by atoms with van der Waals surface area (Å²) in [6.07, 6.45) is 1.18. The molecule has 2 aromatic rings. The molecule has 2 heterocycles. The summed E-state index contributed by atoms with van der Waals surface area (Å²) in [6.45, 7) is 2.11. The molecule has 8 nitrogen and oxygen atoms in total. The average Bonchev–Trinajstić information content (AvgIpc) is 2.80. The van der Waals surface area contributed by atoms with Crippen LogP contribution in [0.15, 0.2) is 36.5 Å². The number of hydrogen-bond donors (Lipinski definition) is 1. The Morgan fingerprint density at radius 3 is 2.38 bits per heavy atom. The molecule has 0 atom stereocenters. The molecule has 0 bridgehead atoms. The number of pyridine rings is 1. The second kappa shape index (κ2) is 6.07. The zero-order chi connectivity index (χ0) is 17.3. The summed E-state index contributed by atoms with van der Waals surface area (Å²) in [6, 6.07) is 8.25. The molecule has 0 unspecified atom stereocenters. The molecule has 8 heteroatoms. The number of carbonyl (C=O) groups excluding carboxylic acids is 2. The number of nitrogens with zero attached hydrogens (tertiary/aromatic N) is 3. The van der Waals surface area contributed by atoms with Crippen molar-refractivity contribution in [1.82, 2.24) is 9.88 Å². The summed E-state index contributed by atoms with van der Waals surface area (Å²) >= 11 is 0. The zero-order valence-corrected chi connectivity index (χ0v) is 12.9. The van der Waals surface area contributed by atoms with E-state index in [1.54, 1.807) is 37.3 Å². The van der Waals surface area contributed by atoms with Gasteiger partial charge in [0.1, 0.15) is 12.0 Å². The van der Waals surface area contributed by atoms with Crippen LogP contribution in [-0.4, -0.2) is 39.7 Å². The van der Waals surface area contributed by atoms with E-state index >= 15 is 0 Å². The number of benzene rings is 1. The smallest absolute Gasteiger partial charge is 0.290 e. The predicted molar refractivity (Wildman–Crippen MR) is 85.9 cm³/mol. The lowest BCUT2D eigenvalue weighted by molar-refractivity contribution is -0.385. The van der Waals surface area contributed by atoms with Gasteiger partial charge in [-0.15, -0.1) is 0 Å². The normalized spacial score (nSPS) is 13.1. The Morgan fingerprint density at radius 1 is 1.21 bits per heavy atom. The number of fused-ring (bicyclic) bond motifs is 1. The molecular formula is C16H14N4O4. The summed E-state index contributed by atoms with van der Waals surface area (Å²) in [4.78, 5) is 39.8. The van der Waals surface area contributed by atoms with Crippen LogP contribution in [0.4, 0.5) is 11.5 Å². The summed E-state index contributed by atoms with van der Waals surface area (Å²) < 4.78 is 0. The number of nitrogens with one attached hydrogen (secondary N) is 1. The molecule has 0 saturated heterocycles. The van der Waals surface area contributed by atoms with Gasteiger partial charge in [0, 0.05) is 18.7 Å². The number of rotatable bonds is 5. The lowest BCUT2D eigenvalue weighted by atomic mass is 10.1. The van der Waals surface area contributed by atoms with Gasteiger partial charge in [-0.05, 0) is 25.1 Å². The van der Waals surface area contributed by atoms with Crippen molar-refractivity contribution >= 4 is 23.3 Å². The van der Waals surface area contributed by atoms with Gasteiger partial charge in [0.15, 0.2) is 0 Å². The third-order valence-corrected chi connectivity index (χ3v) is 3.80. The maximum absolute atomic E-state index is 12.2. The van der Waals surface area contributed by atoms with Crippen molar-refractivity contribution < 1.29 is 14.5 Å². The first-order valence-electron chi connectivity index (χ1n) is 7.29. The van der Waals surface area contributed by atoms with Crippen molar-refractivity contribution in [3.05, 3.63) is 63.3 Å².